The average molecular weight is 319 g/mol. The van der Waals surface area contributed by atoms with E-state index >= 15 is 0 Å². The molecule has 1 aromatic heterocycles. The number of aryl methyl sites for hydroxylation is 1. The molecular weight excluding hydrogens is 300 g/mol. The first kappa shape index (κ1) is 15.1. The second kappa shape index (κ2) is 6.53. The Bertz CT molecular complexity index is 646. The molecule has 22 heavy (non-hydrogen) atoms. The van der Waals surface area contributed by atoms with Crippen LogP contribution in [0.15, 0.2) is 34.9 Å². The maximum atomic E-state index is 12.4. The van der Waals surface area contributed by atoms with Gasteiger partial charge >= 0.3 is 0 Å². The lowest BCUT2D eigenvalue weighted by Gasteiger charge is -2.31. The molecule has 0 bridgehead atoms. The summed E-state index contributed by atoms with van der Waals surface area (Å²) in [5.74, 6) is 0.642. The molecule has 0 atom stereocenters. The van der Waals surface area contributed by atoms with Crippen LogP contribution in [0.3, 0.4) is 0 Å². The lowest BCUT2D eigenvalue weighted by molar-refractivity contribution is 0.0649. The fourth-order valence-electron chi connectivity index (χ4n) is 2.92. The molecular formula is C17H19ClN2O2. The number of aromatic nitrogens is 1. The Balaban J connectivity index is 1.57. The van der Waals surface area contributed by atoms with E-state index in [9.17, 15) is 4.79 Å². The largest absolute Gasteiger partial charge is 0.349 e. The number of piperidine rings is 1. The van der Waals surface area contributed by atoms with Gasteiger partial charge in [0.1, 0.15) is 5.02 Å². The second-order valence-electron chi connectivity index (χ2n) is 5.84. The molecule has 4 nitrogen and oxygen atoms in total. The van der Waals surface area contributed by atoms with E-state index in [2.05, 4.69) is 29.4 Å². The van der Waals surface area contributed by atoms with Crippen molar-refractivity contribution in [3.8, 4) is 0 Å². The number of rotatable bonds is 3. The first-order valence-electron chi connectivity index (χ1n) is 7.60. The SMILES string of the molecule is Cc1noc(C(=O)N2CCC(Cc3ccccc3)CC2)c1Cl. The Morgan fingerprint density at radius 2 is 2.00 bits per heavy atom. The van der Waals surface area contributed by atoms with Crippen LogP contribution in [0.4, 0.5) is 0 Å². The van der Waals surface area contributed by atoms with Crippen molar-refractivity contribution in [2.24, 2.45) is 5.92 Å². The number of carbonyl (C=O) groups is 1. The van der Waals surface area contributed by atoms with Gasteiger partial charge in [-0.15, -0.1) is 0 Å². The molecule has 1 aromatic carbocycles. The van der Waals surface area contributed by atoms with Crippen molar-refractivity contribution in [3.05, 3.63) is 52.4 Å². The minimum Gasteiger partial charge on any atom is -0.349 e. The highest BCUT2D eigenvalue weighted by molar-refractivity contribution is 6.33. The molecule has 3 rings (SSSR count). The number of hydrogen-bond donors (Lipinski definition) is 0. The monoisotopic (exact) mass is 318 g/mol. The smallest absolute Gasteiger partial charge is 0.294 e. The maximum absolute atomic E-state index is 12.4. The predicted molar refractivity (Wildman–Crippen MR) is 85.0 cm³/mol. The number of likely N-dealkylation sites (tertiary alicyclic amines) is 1. The summed E-state index contributed by atoms with van der Waals surface area (Å²) in [6.45, 7) is 3.22. The number of nitrogens with zero attached hydrogens (tertiary/aromatic N) is 2. The zero-order chi connectivity index (χ0) is 15.5. The normalized spacial score (nSPS) is 16.0. The van der Waals surface area contributed by atoms with Crippen LogP contribution in [0.25, 0.3) is 0 Å². The predicted octanol–water partition coefficient (Wildman–Crippen LogP) is 3.73. The van der Waals surface area contributed by atoms with Gasteiger partial charge < -0.3 is 9.42 Å². The summed E-state index contributed by atoms with van der Waals surface area (Å²) in [6, 6.07) is 10.5. The number of carbonyl (C=O) groups excluding carboxylic acids is 1. The Morgan fingerprint density at radius 1 is 1.32 bits per heavy atom. The minimum atomic E-state index is -0.149. The molecule has 1 amide bonds. The third-order valence-corrected chi connectivity index (χ3v) is 4.70. The van der Waals surface area contributed by atoms with Gasteiger partial charge in [-0.1, -0.05) is 47.1 Å². The Hall–Kier alpha value is -1.81. The van der Waals surface area contributed by atoms with Gasteiger partial charge in [0, 0.05) is 13.1 Å². The molecule has 116 valence electrons. The number of hydrogen-bond acceptors (Lipinski definition) is 3. The highest BCUT2D eigenvalue weighted by Crippen LogP contribution is 2.26. The number of amides is 1. The molecule has 2 aromatic rings. The van der Waals surface area contributed by atoms with Gasteiger partial charge in [-0.25, -0.2) is 0 Å². The number of halogens is 1. The first-order chi connectivity index (χ1) is 10.6. The summed E-state index contributed by atoms with van der Waals surface area (Å²) >= 11 is 6.06. The molecule has 1 saturated heterocycles. The van der Waals surface area contributed by atoms with Crippen LogP contribution in [-0.4, -0.2) is 29.1 Å². The molecule has 1 aliphatic heterocycles. The summed E-state index contributed by atoms with van der Waals surface area (Å²) in [7, 11) is 0. The van der Waals surface area contributed by atoms with E-state index in [-0.39, 0.29) is 11.7 Å². The average Bonchev–Trinajstić information content (AvgIpc) is 2.88. The molecule has 0 N–H and O–H groups in total. The standard InChI is InChI=1S/C17H19ClN2O2/c1-12-15(18)16(22-19-12)17(21)20-9-7-14(8-10-20)11-13-5-3-2-4-6-13/h2-6,14H,7-11H2,1H3. The van der Waals surface area contributed by atoms with Gasteiger partial charge in [-0.3, -0.25) is 4.79 Å². The van der Waals surface area contributed by atoms with E-state index in [0.29, 0.717) is 16.6 Å². The Labute approximate surface area is 135 Å². The highest BCUT2D eigenvalue weighted by atomic mass is 35.5. The quantitative estimate of drug-likeness (QED) is 0.866. The molecule has 0 aliphatic carbocycles. The van der Waals surface area contributed by atoms with Crippen LogP contribution in [0.2, 0.25) is 5.02 Å². The van der Waals surface area contributed by atoms with Crippen LogP contribution in [0.5, 0.6) is 0 Å². The third kappa shape index (κ3) is 3.17. The van der Waals surface area contributed by atoms with Crippen molar-refractivity contribution < 1.29 is 9.32 Å². The lowest BCUT2D eigenvalue weighted by Crippen LogP contribution is -2.38. The Morgan fingerprint density at radius 3 is 2.59 bits per heavy atom. The summed E-state index contributed by atoms with van der Waals surface area (Å²) in [6.07, 6.45) is 3.09. The van der Waals surface area contributed by atoms with Crippen LogP contribution >= 0.6 is 11.6 Å². The fraction of sp³-hybridized carbons (Fsp3) is 0.412. The highest BCUT2D eigenvalue weighted by Gasteiger charge is 2.28. The van der Waals surface area contributed by atoms with Gasteiger partial charge in [-0.2, -0.15) is 0 Å². The summed E-state index contributed by atoms with van der Waals surface area (Å²) in [5.41, 5.74) is 1.92. The van der Waals surface area contributed by atoms with Crippen LogP contribution in [0.1, 0.15) is 34.7 Å². The van der Waals surface area contributed by atoms with Gasteiger partial charge in [0.15, 0.2) is 0 Å². The fourth-order valence-corrected chi connectivity index (χ4v) is 3.07. The molecule has 1 fully saturated rings. The van der Waals surface area contributed by atoms with Crippen LogP contribution in [-0.2, 0) is 6.42 Å². The van der Waals surface area contributed by atoms with Crippen LogP contribution < -0.4 is 0 Å². The molecule has 0 spiro atoms. The van der Waals surface area contributed by atoms with E-state index in [4.69, 9.17) is 16.1 Å². The van der Waals surface area contributed by atoms with Gasteiger partial charge in [0.2, 0.25) is 5.76 Å². The molecule has 1 aliphatic rings. The van der Waals surface area contributed by atoms with Gasteiger partial charge in [0.25, 0.3) is 5.91 Å². The molecule has 0 saturated carbocycles. The lowest BCUT2D eigenvalue weighted by atomic mass is 9.90. The molecule has 2 heterocycles. The molecule has 0 radical (unpaired) electrons. The zero-order valence-electron chi connectivity index (χ0n) is 12.6. The maximum Gasteiger partial charge on any atom is 0.294 e. The summed E-state index contributed by atoms with van der Waals surface area (Å²) in [5, 5.41) is 4.08. The summed E-state index contributed by atoms with van der Waals surface area (Å²) in [4.78, 5) is 14.2. The second-order valence-corrected chi connectivity index (χ2v) is 6.21. The topological polar surface area (TPSA) is 46.3 Å². The first-order valence-corrected chi connectivity index (χ1v) is 7.98. The van der Waals surface area contributed by atoms with Gasteiger partial charge in [0.05, 0.1) is 5.69 Å². The Kier molecular flexibility index (Phi) is 4.48. The van der Waals surface area contributed by atoms with Crippen molar-refractivity contribution in [3.63, 3.8) is 0 Å². The molecule has 5 heteroatoms. The van der Waals surface area contributed by atoms with E-state index in [1.165, 1.54) is 5.56 Å². The zero-order valence-corrected chi connectivity index (χ0v) is 13.3. The minimum absolute atomic E-state index is 0.149. The van der Waals surface area contributed by atoms with Crippen LogP contribution in [0, 0.1) is 12.8 Å². The van der Waals surface area contributed by atoms with Crippen molar-refractivity contribution in [1.82, 2.24) is 10.1 Å². The van der Waals surface area contributed by atoms with E-state index < -0.39 is 0 Å². The summed E-state index contributed by atoms with van der Waals surface area (Å²) < 4.78 is 5.06. The van der Waals surface area contributed by atoms with Crippen molar-refractivity contribution in [2.75, 3.05) is 13.1 Å². The van der Waals surface area contributed by atoms with E-state index in [1.54, 1.807) is 6.92 Å². The third-order valence-electron chi connectivity index (χ3n) is 4.25. The van der Waals surface area contributed by atoms with Crippen molar-refractivity contribution >= 4 is 17.5 Å². The molecule has 0 unspecified atom stereocenters. The van der Waals surface area contributed by atoms with E-state index in [0.717, 1.165) is 32.4 Å². The van der Waals surface area contributed by atoms with Crippen molar-refractivity contribution in [1.29, 1.82) is 0 Å². The van der Waals surface area contributed by atoms with Gasteiger partial charge in [-0.05, 0) is 37.7 Å². The van der Waals surface area contributed by atoms with Crippen molar-refractivity contribution in [2.45, 2.75) is 26.2 Å². The number of benzene rings is 1. The van der Waals surface area contributed by atoms with E-state index in [1.807, 2.05) is 11.0 Å².